The summed E-state index contributed by atoms with van der Waals surface area (Å²) in [7, 11) is 0. The molecule has 322 valence electrons. The molecule has 0 amide bonds. The average Bonchev–Trinajstić information content (AvgIpc) is 3.92. The third kappa shape index (κ3) is 7.34. The van der Waals surface area contributed by atoms with Crippen LogP contribution in [0.5, 0.6) is 5.75 Å². The van der Waals surface area contributed by atoms with E-state index in [0.29, 0.717) is 11.4 Å². The van der Waals surface area contributed by atoms with E-state index >= 15 is 0 Å². The maximum atomic E-state index is 12.6. The van der Waals surface area contributed by atoms with Crippen molar-refractivity contribution in [3.05, 3.63) is 175 Å². The van der Waals surface area contributed by atoms with Gasteiger partial charge in [0.1, 0.15) is 11.6 Å². The topological polar surface area (TPSA) is 55.3 Å². The second-order valence-electron chi connectivity index (χ2n) is 20.1. The van der Waals surface area contributed by atoms with Gasteiger partial charge in [-0.1, -0.05) is 152 Å². The van der Waals surface area contributed by atoms with Crippen molar-refractivity contribution in [2.75, 3.05) is 0 Å². The number of aromatic nitrogens is 4. The van der Waals surface area contributed by atoms with Crippen LogP contribution in [0.25, 0.3) is 88.8 Å². The van der Waals surface area contributed by atoms with Crippen LogP contribution in [0.4, 0.5) is 0 Å². The number of imidazole rings is 1. The molecule has 0 bridgehead atoms. The Kier molecular flexibility index (Phi) is 10.6. The van der Waals surface area contributed by atoms with Gasteiger partial charge in [-0.3, -0.25) is 9.55 Å². The van der Waals surface area contributed by atoms with E-state index in [1.165, 1.54) is 5.56 Å². The summed E-state index contributed by atoms with van der Waals surface area (Å²) >= 11 is 0. The van der Waals surface area contributed by atoms with Crippen molar-refractivity contribution in [3.63, 3.8) is 0 Å². The molecule has 1 N–H and O–H groups in total. The number of pyridine rings is 2. The van der Waals surface area contributed by atoms with E-state index in [4.69, 9.17) is 9.97 Å². The smallest absolute Gasteiger partial charge is 0.148 e. The number of rotatable bonds is 5. The van der Waals surface area contributed by atoms with E-state index in [-0.39, 0.29) is 43.1 Å². The van der Waals surface area contributed by atoms with Crippen LogP contribution in [0, 0.1) is 6.07 Å². The molecule has 0 saturated heterocycles. The molecule has 0 atom stereocenters. The Hall–Kier alpha value is -6.29. The average molecular weight is 1020 g/mol. The van der Waals surface area contributed by atoms with Gasteiger partial charge < -0.3 is 9.51 Å². The number of aromatic hydroxyl groups is 1. The number of hydrogen-bond donors (Lipinski definition) is 1. The molecule has 0 aliphatic carbocycles. The van der Waals surface area contributed by atoms with E-state index < -0.39 is 0 Å². The van der Waals surface area contributed by atoms with Gasteiger partial charge in [0.25, 0.3) is 0 Å². The number of fused-ring (bicyclic) bond motifs is 8. The Morgan fingerprint density at radius 1 is 0.562 bits per heavy atom. The molecule has 0 aliphatic heterocycles. The zero-order valence-corrected chi connectivity index (χ0v) is 40.3. The van der Waals surface area contributed by atoms with Crippen LogP contribution in [0.1, 0.15) is 79.0 Å². The van der Waals surface area contributed by atoms with E-state index in [2.05, 4.69) is 217 Å². The van der Waals surface area contributed by atoms with Gasteiger partial charge >= 0.3 is 0 Å². The molecule has 4 aromatic heterocycles. The third-order valence-electron chi connectivity index (χ3n) is 12.6. The van der Waals surface area contributed by atoms with Gasteiger partial charge in [-0.15, -0.1) is 23.6 Å². The minimum absolute atomic E-state index is 0. The number of benzene rings is 6. The van der Waals surface area contributed by atoms with E-state index in [1.807, 2.05) is 12.3 Å². The largest absolute Gasteiger partial charge is 0.507 e. The fourth-order valence-corrected chi connectivity index (χ4v) is 9.11. The predicted octanol–water partition coefficient (Wildman–Crippen LogP) is 15.0. The Morgan fingerprint density at radius 2 is 1.23 bits per heavy atom. The fourth-order valence-electron chi connectivity index (χ4n) is 9.11. The molecule has 0 unspecified atom stereocenters. The van der Waals surface area contributed by atoms with Gasteiger partial charge in [-0.05, 0) is 98.0 Å². The van der Waals surface area contributed by atoms with Crippen molar-refractivity contribution in [1.29, 1.82) is 0 Å². The SMILES string of the molecule is CC(C)(C)c1ccc(-n2c(-c3cc(C(C)(C)C)cc(C(C)(C)C)c3O)nc3c4c5[c-]c(-c6cc(-c7ccccc7)ccn6)ccc5c5cccn5c4ccc32)c(-c2ccccc2)c1.[Pt]. The summed E-state index contributed by atoms with van der Waals surface area (Å²) in [6.07, 6.45) is 4.02. The molecule has 0 spiro atoms. The molecule has 0 saturated carbocycles. The molecule has 6 aromatic carbocycles. The normalized spacial score (nSPS) is 12.4. The number of phenols is 1. The van der Waals surface area contributed by atoms with E-state index in [0.717, 1.165) is 88.6 Å². The molecule has 0 fully saturated rings. The summed E-state index contributed by atoms with van der Waals surface area (Å²) < 4.78 is 4.55. The number of phenolic OH excluding ortho intramolecular Hbond substituents is 1. The van der Waals surface area contributed by atoms with Crippen molar-refractivity contribution in [1.82, 2.24) is 18.9 Å². The van der Waals surface area contributed by atoms with Crippen LogP contribution in [-0.4, -0.2) is 24.0 Å². The third-order valence-corrected chi connectivity index (χ3v) is 12.6. The van der Waals surface area contributed by atoms with Gasteiger partial charge in [-0.25, -0.2) is 4.98 Å². The zero-order valence-electron chi connectivity index (χ0n) is 38.0. The number of hydrogen-bond acceptors (Lipinski definition) is 3. The molecule has 0 aliphatic rings. The zero-order chi connectivity index (χ0) is 44.0. The first-order valence-corrected chi connectivity index (χ1v) is 22.0. The Bertz CT molecular complexity index is 3400. The van der Waals surface area contributed by atoms with Gasteiger partial charge in [0.2, 0.25) is 0 Å². The molecular weight excluding hydrogens is 964 g/mol. The van der Waals surface area contributed by atoms with Crippen LogP contribution < -0.4 is 0 Å². The van der Waals surface area contributed by atoms with Crippen molar-refractivity contribution in [2.45, 2.75) is 78.6 Å². The van der Waals surface area contributed by atoms with Crippen LogP contribution in [0.3, 0.4) is 0 Å². The summed E-state index contributed by atoms with van der Waals surface area (Å²) in [4.78, 5) is 10.6. The Balaban J connectivity index is 0.00000518. The van der Waals surface area contributed by atoms with Crippen molar-refractivity contribution < 1.29 is 26.2 Å². The maximum Gasteiger partial charge on any atom is 0.148 e. The second-order valence-corrected chi connectivity index (χ2v) is 20.1. The fraction of sp³-hybridized carbons (Fsp3) is 0.207. The monoisotopic (exact) mass is 1020 g/mol. The van der Waals surface area contributed by atoms with Crippen LogP contribution in [-0.2, 0) is 37.3 Å². The number of nitrogens with zero attached hydrogens (tertiary/aromatic N) is 4. The second kappa shape index (κ2) is 15.7. The molecule has 10 aromatic rings. The molecule has 0 radical (unpaired) electrons. The van der Waals surface area contributed by atoms with Gasteiger partial charge in [0.15, 0.2) is 0 Å². The summed E-state index contributed by atoms with van der Waals surface area (Å²) in [6, 6.07) is 53.4. The summed E-state index contributed by atoms with van der Waals surface area (Å²) in [5, 5.41) is 15.6. The minimum atomic E-state index is -0.333. The quantitative estimate of drug-likeness (QED) is 0.138. The van der Waals surface area contributed by atoms with Crippen molar-refractivity contribution >= 4 is 38.2 Å². The first kappa shape index (κ1) is 43.0. The van der Waals surface area contributed by atoms with Crippen molar-refractivity contribution in [3.8, 4) is 56.3 Å². The van der Waals surface area contributed by atoms with E-state index in [9.17, 15) is 5.11 Å². The summed E-state index contributed by atoms with van der Waals surface area (Å²) in [5.74, 6) is 0.932. The predicted molar refractivity (Wildman–Crippen MR) is 263 cm³/mol. The van der Waals surface area contributed by atoms with Gasteiger partial charge in [-0.2, -0.15) is 0 Å². The van der Waals surface area contributed by atoms with Crippen LogP contribution >= 0.6 is 0 Å². The van der Waals surface area contributed by atoms with Gasteiger partial charge in [0, 0.05) is 61.3 Å². The molecule has 5 nitrogen and oxygen atoms in total. The van der Waals surface area contributed by atoms with Crippen LogP contribution in [0.2, 0.25) is 0 Å². The first-order chi connectivity index (χ1) is 30.1. The molecule has 4 heterocycles. The molecule has 6 heteroatoms. The van der Waals surface area contributed by atoms with E-state index in [1.54, 1.807) is 0 Å². The maximum absolute atomic E-state index is 12.6. The standard InChI is InChI=1S/C58H53N4O.Pt/c1-56(2,3)40-23-25-49(43(33-40)37-19-14-11-15-20-37)62-51-27-26-50-52(53(51)60-55(62)45-34-41(57(4,5)6)35-46(54(45)63)58(7,8)9)44-31-39(22-24-42(44)48-21-16-30-61(48)50)47-32-38(28-29-59-47)36-17-12-10-13-18-36;/h10-30,32-35,63H,1-9H3;/q-1;. The first-order valence-electron chi connectivity index (χ1n) is 22.0. The molecular formula is C58H53N4OPt-. The molecule has 10 rings (SSSR count). The Labute approximate surface area is 390 Å². The summed E-state index contributed by atoms with van der Waals surface area (Å²) in [5.41, 5.74) is 14.4. The van der Waals surface area contributed by atoms with Crippen LogP contribution in [0.15, 0.2) is 152 Å². The Morgan fingerprint density at radius 3 is 1.92 bits per heavy atom. The minimum Gasteiger partial charge on any atom is -0.507 e. The van der Waals surface area contributed by atoms with Crippen molar-refractivity contribution in [2.24, 2.45) is 0 Å². The van der Waals surface area contributed by atoms with Gasteiger partial charge in [0.05, 0.1) is 22.3 Å². The molecule has 64 heavy (non-hydrogen) atoms. The summed E-state index contributed by atoms with van der Waals surface area (Å²) in [6.45, 7) is 20.0.